The SMILES string of the molecule is [B]C([B])(c1cc(Cl)ccc1N)N1CCN(C(=O)CNC(=O)C2CC23CCC(F)(F)CC3)CC1. The van der Waals surface area contributed by atoms with Gasteiger partial charge in [-0.05, 0) is 53.8 Å². The lowest BCUT2D eigenvalue weighted by Gasteiger charge is -2.46. The summed E-state index contributed by atoms with van der Waals surface area (Å²) in [5, 5.41) is 1.84. The van der Waals surface area contributed by atoms with Crippen molar-refractivity contribution in [3.05, 3.63) is 28.8 Å². The highest BCUT2D eigenvalue weighted by Gasteiger charge is 2.60. The van der Waals surface area contributed by atoms with Gasteiger partial charge in [-0.1, -0.05) is 11.6 Å². The van der Waals surface area contributed by atoms with Gasteiger partial charge >= 0.3 is 0 Å². The summed E-state index contributed by atoms with van der Waals surface area (Å²) in [6.45, 7) is 1.54. The average Bonchev–Trinajstić information content (AvgIpc) is 3.50. The van der Waals surface area contributed by atoms with E-state index in [0.29, 0.717) is 61.7 Å². The number of benzene rings is 1. The first kappa shape index (κ1) is 24.3. The molecule has 1 saturated heterocycles. The quantitative estimate of drug-likeness (QED) is 0.504. The Morgan fingerprint density at radius 3 is 2.42 bits per heavy atom. The Labute approximate surface area is 200 Å². The first-order chi connectivity index (χ1) is 15.4. The lowest BCUT2D eigenvalue weighted by molar-refractivity contribution is -0.135. The third-order valence-corrected chi connectivity index (χ3v) is 7.73. The number of rotatable bonds is 5. The Morgan fingerprint density at radius 2 is 1.79 bits per heavy atom. The van der Waals surface area contributed by atoms with Crippen LogP contribution in [0.2, 0.25) is 5.02 Å². The minimum absolute atomic E-state index is 0.112. The molecule has 33 heavy (non-hydrogen) atoms. The molecule has 1 atom stereocenters. The fourth-order valence-electron chi connectivity index (χ4n) is 5.15. The van der Waals surface area contributed by atoms with Crippen molar-refractivity contribution in [3.63, 3.8) is 0 Å². The first-order valence-electron chi connectivity index (χ1n) is 11.3. The third-order valence-electron chi connectivity index (χ3n) is 7.50. The van der Waals surface area contributed by atoms with Crippen LogP contribution >= 0.6 is 11.6 Å². The number of anilines is 1. The Kier molecular flexibility index (Phi) is 6.46. The number of halogens is 3. The number of nitrogens with one attached hydrogen (secondary N) is 1. The van der Waals surface area contributed by atoms with E-state index in [4.69, 9.17) is 33.0 Å². The smallest absolute Gasteiger partial charge is 0.248 e. The minimum Gasteiger partial charge on any atom is -0.398 e. The van der Waals surface area contributed by atoms with E-state index in [1.807, 2.05) is 4.90 Å². The Bertz CT molecular complexity index is 931. The van der Waals surface area contributed by atoms with Crippen LogP contribution < -0.4 is 11.1 Å². The zero-order valence-corrected chi connectivity index (χ0v) is 19.2. The van der Waals surface area contributed by atoms with Gasteiger partial charge in [0.2, 0.25) is 17.7 Å². The molecule has 174 valence electrons. The van der Waals surface area contributed by atoms with Gasteiger partial charge in [0.05, 0.1) is 22.2 Å². The Morgan fingerprint density at radius 1 is 1.15 bits per heavy atom. The molecule has 1 aliphatic heterocycles. The van der Waals surface area contributed by atoms with Gasteiger partial charge in [0, 0.05) is 55.6 Å². The van der Waals surface area contributed by atoms with Gasteiger partial charge in [-0.25, -0.2) is 8.78 Å². The number of hydrogen-bond donors (Lipinski definition) is 2. The summed E-state index contributed by atoms with van der Waals surface area (Å²) in [5.74, 6) is -3.30. The van der Waals surface area contributed by atoms with E-state index < -0.39 is 11.3 Å². The monoisotopic (exact) mass is 474 g/mol. The molecule has 2 amide bonds. The second-order valence-electron chi connectivity index (χ2n) is 9.62. The fourth-order valence-corrected chi connectivity index (χ4v) is 5.33. The second-order valence-corrected chi connectivity index (χ2v) is 10.1. The van der Waals surface area contributed by atoms with Crippen molar-refractivity contribution in [1.82, 2.24) is 15.1 Å². The summed E-state index contributed by atoms with van der Waals surface area (Å²) in [4.78, 5) is 28.6. The molecule has 4 radical (unpaired) electrons. The number of alkyl halides is 2. The molecule has 6 nitrogen and oxygen atoms in total. The summed E-state index contributed by atoms with van der Waals surface area (Å²) in [6, 6.07) is 4.95. The van der Waals surface area contributed by atoms with Crippen molar-refractivity contribution in [2.45, 2.75) is 43.4 Å². The molecule has 3 N–H and O–H groups in total. The maximum Gasteiger partial charge on any atom is 0.248 e. The van der Waals surface area contributed by atoms with Crippen molar-refractivity contribution >= 4 is 44.8 Å². The molecule has 0 aromatic heterocycles. The normalized spacial score (nSPS) is 24.5. The molecule has 1 aromatic carbocycles. The average molecular weight is 475 g/mol. The molecular weight excluding hydrogens is 447 g/mol. The standard InChI is InChI=1S/C22H27B2ClF2N4O2/c23-22(24,15-11-14(25)1-2-17(15)28)31-9-7-30(8-10-31)18(32)13-29-19(33)16-12-20(16)3-5-21(26,27)6-4-20/h1-2,11,16H,3-10,12-13,28H2,(H,29,33). The second kappa shape index (κ2) is 8.77. The number of amides is 2. The van der Waals surface area contributed by atoms with Gasteiger partial charge in [0.1, 0.15) is 0 Å². The minimum atomic E-state index is -2.61. The van der Waals surface area contributed by atoms with Crippen LogP contribution in [0.4, 0.5) is 14.5 Å². The molecule has 1 heterocycles. The van der Waals surface area contributed by atoms with Gasteiger partial charge in [0.25, 0.3) is 0 Å². The number of piperazine rings is 1. The van der Waals surface area contributed by atoms with E-state index >= 15 is 0 Å². The topological polar surface area (TPSA) is 78.7 Å². The van der Waals surface area contributed by atoms with E-state index in [9.17, 15) is 18.4 Å². The molecule has 3 fully saturated rings. The summed E-state index contributed by atoms with van der Waals surface area (Å²) >= 11 is 6.07. The molecule has 3 aliphatic rings. The zero-order valence-electron chi connectivity index (χ0n) is 18.5. The van der Waals surface area contributed by atoms with Crippen LogP contribution in [0.3, 0.4) is 0 Å². The van der Waals surface area contributed by atoms with Crippen molar-refractivity contribution in [2.75, 3.05) is 38.5 Å². The molecular formula is C22H27B2ClF2N4O2. The Balaban J connectivity index is 1.25. The maximum absolute atomic E-state index is 13.4. The van der Waals surface area contributed by atoms with Gasteiger partial charge < -0.3 is 20.9 Å². The molecule has 4 rings (SSSR count). The number of carbonyl (C=O) groups is 2. The van der Waals surface area contributed by atoms with Gasteiger partial charge in [-0.2, -0.15) is 0 Å². The third kappa shape index (κ3) is 5.02. The summed E-state index contributed by atoms with van der Waals surface area (Å²) < 4.78 is 26.8. The highest BCUT2D eigenvalue weighted by molar-refractivity contribution is 6.40. The number of nitrogen functional groups attached to an aromatic ring is 1. The Hall–Kier alpha value is -1.80. The molecule has 1 aromatic rings. The van der Waals surface area contributed by atoms with Crippen LogP contribution in [-0.2, 0) is 14.9 Å². The van der Waals surface area contributed by atoms with Gasteiger partial charge in [-0.15, -0.1) is 0 Å². The lowest BCUT2D eigenvalue weighted by atomic mass is 9.56. The van der Waals surface area contributed by atoms with Crippen LogP contribution in [0, 0.1) is 11.3 Å². The predicted molar refractivity (Wildman–Crippen MR) is 124 cm³/mol. The van der Waals surface area contributed by atoms with Crippen molar-refractivity contribution in [3.8, 4) is 0 Å². The number of nitrogens with zero attached hydrogens (tertiary/aromatic N) is 2. The van der Waals surface area contributed by atoms with E-state index in [1.165, 1.54) is 0 Å². The molecule has 1 unspecified atom stereocenters. The van der Waals surface area contributed by atoms with E-state index in [-0.39, 0.29) is 42.5 Å². The molecule has 1 spiro atoms. The van der Waals surface area contributed by atoms with Crippen molar-refractivity contribution in [2.24, 2.45) is 11.3 Å². The van der Waals surface area contributed by atoms with Crippen LogP contribution in [0.5, 0.6) is 0 Å². The molecule has 2 saturated carbocycles. The number of carbonyl (C=O) groups excluding carboxylic acids is 2. The van der Waals surface area contributed by atoms with Gasteiger partial charge in [0.15, 0.2) is 0 Å². The van der Waals surface area contributed by atoms with E-state index in [0.717, 1.165) is 0 Å². The van der Waals surface area contributed by atoms with Crippen molar-refractivity contribution < 1.29 is 18.4 Å². The molecule has 0 bridgehead atoms. The van der Waals surface area contributed by atoms with E-state index in [2.05, 4.69) is 5.32 Å². The summed E-state index contributed by atoms with van der Waals surface area (Å²) in [7, 11) is 12.8. The summed E-state index contributed by atoms with van der Waals surface area (Å²) in [6.07, 6.45) is 1.04. The van der Waals surface area contributed by atoms with Crippen molar-refractivity contribution in [1.29, 1.82) is 0 Å². The predicted octanol–water partition coefficient (Wildman–Crippen LogP) is 1.85. The van der Waals surface area contributed by atoms with Crippen LogP contribution in [0.1, 0.15) is 37.7 Å². The maximum atomic E-state index is 13.4. The highest BCUT2D eigenvalue weighted by atomic mass is 35.5. The van der Waals surface area contributed by atoms with E-state index in [1.54, 1.807) is 23.1 Å². The van der Waals surface area contributed by atoms with Crippen LogP contribution in [0.25, 0.3) is 0 Å². The first-order valence-corrected chi connectivity index (χ1v) is 11.6. The number of nitrogens with two attached hydrogens (primary N) is 1. The lowest BCUT2D eigenvalue weighted by Crippen LogP contribution is -2.58. The van der Waals surface area contributed by atoms with Crippen LogP contribution in [-0.4, -0.2) is 76.0 Å². The van der Waals surface area contributed by atoms with Crippen LogP contribution in [0.15, 0.2) is 18.2 Å². The summed E-state index contributed by atoms with van der Waals surface area (Å²) in [5.41, 5.74) is 6.69. The number of hydrogen-bond acceptors (Lipinski definition) is 4. The molecule has 2 aliphatic carbocycles. The van der Waals surface area contributed by atoms with Gasteiger partial charge in [-0.3, -0.25) is 9.59 Å². The molecule has 11 heteroatoms. The largest absolute Gasteiger partial charge is 0.398 e. The fraction of sp³-hybridized carbons (Fsp3) is 0.636. The zero-order chi connectivity index (χ0) is 24.0. The highest BCUT2D eigenvalue weighted by Crippen LogP contribution is 2.63.